The fourth-order valence-corrected chi connectivity index (χ4v) is 1.19. The fraction of sp³-hybridized carbons (Fsp3) is 0.250. The first-order chi connectivity index (χ1) is 5.74. The van der Waals surface area contributed by atoms with Gasteiger partial charge in [0.05, 0.1) is 11.5 Å². The minimum Gasteiger partial charge on any atom is -0.494 e. The van der Waals surface area contributed by atoms with Crippen molar-refractivity contribution < 1.29 is 13.5 Å². The second-order valence-electron chi connectivity index (χ2n) is 2.15. The molecule has 0 heterocycles. The lowest BCUT2D eigenvalue weighted by molar-refractivity contribution is 0.340. The molecule has 4 heteroatoms. The number of hydrogen-bond acceptors (Lipinski definition) is 2. The van der Waals surface area contributed by atoms with E-state index in [1.807, 2.05) is 6.92 Å². The highest BCUT2D eigenvalue weighted by atomic mass is 32.2. The van der Waals surface area contributed by atoms with Crippen LogP contribution in [0.1, 0.15) is 6.92 Å². The maximum absolute atomic E-state index is 10.5. The first-order valence-corrected chi connectivity index (χ1v) is 4.68. The average molecular weight is 186 g/mol. The van der Waals surface area contributed by atoms with Crippen LogP contribution in [0.15, 0.2) is 29.2 Å². The van der Waals surface area contributed by atoms with Gasteiger partial charge in [0.2, 0.25) is 0 Å². The molecule has 0 aromatic heterocycles. The Morgan fingerprint density at radius 3 is 2.42 bits per heavy atom. The van der Waals surface area contributed by atoms with Gasteiger partial charge in [0.15, 0.2) is 11.1 Å². The van der Waals surface area contributed by atoms with Gasteiger partial charge in [0.25, 0.3) is 0 Å². The van der Waals surface area contributed by atoms with Gasteiger partial charge in [-0.3, -0.25) is 0 Å². The monoisotopic (exact) mass is 186 g/mol. The topological polar surface area (TPSA) is 46.5 Å². The summed E-state index contributed by atoms with van der Waals surface area (Å²) in [7, 11) is 0. The summed E-state index contributed by atoms with van der Waals surface area (Å²) in [5.74, 6) is 0.715. The van der Waals surface area contributed by atoms with Crippen LogP contribution in [-0.4, -0.2) is 15.4 Å². The lowest BCUT2D eigenvalue weighted by Crippen LogP contribution is -1.92. The Balaban J connectivity index is 2.78. The summed E-state index contributed by atoms with van der Waals surface area (Å²) >= 11 is -1.90. The summed E-state index contributed by atoms with van der Waals surface area (Å²) in [4.78, 5) is 0.387. The molecule has 1 aromatic rings. The van der Waals surface area contributed by atoms with Gasteiger partial charge in [-0.2, -0.15) is 0 Å². The molecule has 0 radical (unpaired) electrons. The van der Waals surface area contributed by atoms with E-state index in [2.05, 4.69) is 0 Å². The number of hydrogen-bond donors (Lipinski definition) is 1. The molecule has 0 aliphatic rings. The van der Waals surface area contributed by atoms with E-state index in [9.17, 15) is 4.21 Å². The van der Waals surface area contributed by atoms with E-state index in [1.165, 1.54) is 0 Å². The molecule has 0 aliphatic heterocycles. The van der Waals surface area contributed by atoms with Crippen LogP contribution in [-0.2, 0) is 11.1 Å². The van der Waals surface area contributed by atoms with Crippen molar-refractivity contribution in [1.82, 2.24) is 0 Å². The molecule has 1 unspecified atom stereocenters. The molecule has 1 aromatic carbocycles. The van der Waals surface area contributed by atoms with Gasteiger partial charge in [-0.1, -0.05) is 0 Å². The van der Waals surface area contributed by atoms with Crippen LogP contribution in [0.4, 0.5) is 0 Å². The summed E-state index contributed by atoms with van der Waals surface area (Å²) in [5.41, 5.74) is 0. The second-order valence-corrected chi connectivity index (χ2v) is 3.12. The zero-order valence-electron chi connectivity index (χ0n) is 6.69. The van der Waals surface area contributed by atoms with Gasteiger partial charge in [-0.05, 0) is 31.2 Å². The van der Waals surface area contributed by atoms with Crippen molar-refractivity contribution in [3.63, 3.8) is 0 Å². The zero-order chi connectivity index (χ0) is 8.97. The molecule has 0 saturated heterocycles. The van der Waals surface area contributed by atoms with E-state index in [1.54, 1.807) is 24.3 Å². The molecule has 0 spiro atoms. The number of benzene rings is 1. The van der Waals surface area contributed by atoms with Gasteiger partial charge in [-0.15, -0.1) is 0 Å². The molecule has 0 bridgehead atoms. The van der Waals surface area contributed by atoms with Gasteiger partial charge in [0.1, 0.15) is 5.75 Å². The summed E-state index contributed by atoms with van der Waals surface area (Å²) in [6.07, 6.45) is 0. The predicted octanol–water partition coefficient (Wildman–Crippen LogP) is 1.67. The SMILES string of the molecule is CCOc1ccc(S(=O)O)cc1. The maximum atomic E-state index is 10.5. The molecule has 66 valence electrons. The van der Waals surface area contributed by atoms with E-state index in [-0.39, 0.29) is 0 Å². The fourth-order valence-electron chi connectivity index (χ4n) is 0.819. The van der Waals surface area contributed by atoms with E-state index < -0.39 is 11.1 Å². The Morgan fingerprint density at radius 1 is 1.42 bits per heavy atom. The molecule has 1 N–H and O–H groups in total. The maximum Gasteiger partial charge on any atom is 0.186 e. The van der Waals surface area contributed by atoms with Crippen LogP contribution >= 0.6 is 0 Å². The van der Waals surface area contributed by atoms with E-state index in [4.69, 9.17) is 9.29 Å². The highest BCUT2D eigenvalue weighted by Crippen LogP contribution is 2.13. The zero-order valence-corrected chi connectivity index (χ0v) is 7.50. The molecule has 0 amide bonds. The summed E-state index contributed by atoms with van der Waals surface area (Å²) in [6.45, 7) is 2.49. The lowest BCUT2D eigenvalue weighted by atomic mass is 10.3. The molecule has 0 fully saturated rings. The van der Waals surface area contributed by atoms with E-state index in [0.717, 1.165) is 0 Å². The summed E-state index contributed by atoms with van der Waals surface area (Å²) in [5, 5.41) is 0. The Hall–Kier alpha value is -0.870. The minimum atomic E-state index is -1.90. The third kappa shape index (κ3) is 2.32. The largest absolute Gasteiger partial charge is 0.494 e. The molecular weight excluding hydrogens is 176 g/mol. The van der Waals surface area contributed by atoms with Crippen molar-refractivity contribution in [3.8, 4) is 5.75 Å². The Bertz CT molecular complexity index is 268. The summed E-state index contributed by atoms with van der Waals surface area (Å²) in [6, 6.07) is 6.49. The third-order valence-corrected chi connectivity index (χ3v) is 2.01. The van der Waals surface area contributed by atoms with Crippen molar-refractivity contribution in [3.05, 3.63) is 24.3 Å². The molecule has 3 nitrogen and oxygen atoms in total. The standard InChI is InChI=1S/C8H10O3S/c1-2-11-7-3-5-8(6-4-7)12(9)10/h3-6H,2H2,1H3,(H,9,10). The minimum absolute atomic E-state index is 0.387. The van der Waals surface area contributed by atoms with Gasteiger partial charge in [-0.25, -0.2) is 4.21 Å². The van der Waals surface area contributed by atoms with Crippen LogP contribution in [0, 0.1) is 0 Å². The molecule has 12 heavy (non-hydrogen) atoms. The van der Waals surface area contributed by atoms with Crippen molar-refractivity contribution in [2.24, 2.45) is 0 Å². The normalized spacial score (nSPS) is 12.5. The molecule has 0 aliphatic carbocycles. The third-order valence-electron chi connectivity index (χ3n) is 1.34. The van der Waals surface area contributed by atoms with Crippen LogP contribution in [0.5, 0.6) is 5.75 Å². The average Bonchev–Trinajstić information content (AvgIpc) is 2.06. The predicted molar refractivity (Wildman–Crippen MR) is 46.6 cm³/mol. The Morgan fingerprint density at radius 2 is 2.00 bits per heavy atom. The Kier molecular flexibility index (Phi) is 3.25. The van der Waals surface area contributed by atoms with Crippen LogP contribution < -0.4 is 4.74 Å². The van der Waals surface area contributed by atoms with Crippen LogP contribution in [0.3, 0.4) is 0 Å². The van der Waals surface area contributed by atoms with Crippen LogP contribution in [0.2, 0.25) is 0 Å². The van der Waals surface area contributed by atoms with Crippen LogP contribution in [0.25, 0.3) is 0 Å². The Labute approximate surface area is 73.7 Å². The van der Waals surface area contributed by atoms with Gasteiger partial charge in [0, 0.05) is 0 Å². The number of rotatable bonds is 3. The van der Waals surface area contributed by atoms with Gasteiger partial charge >= 0.3 is 0 Å². The highest BCUT2D eigenvalue weighted by Gasteiger charge is 1.98. The quantitative estimate of drug-likeness (QED) is 0.730. The smallest absolute Gasteiger partial charge is 0.186 e. The van der Waals surface area contributed by atoms with E-state index in [0.29, 0.717) is 17.3 Å². The summed E-state index contributed by atoms with van der Waals surface area (Å²) < 4.78 is 24.4. The molecule has 0 saturated carbocycles. The number of ether oxygens (including phenoxy) is 1. The second kappa shape index (κ2) is 4.23. The van der Waals surface area contributed by atoms with E-state index >= 15 is 0 Å². The molecule has 1 atom stereocenters. The van der Waals surface area contributed by atoms with Crippen molar-refractivity contribution in [1.29, 1.82) is 0 Å². The first kappa shape index (κ1) is 9.22. The highest BCUT2D eigenvalue weighted by molar-refractivity contribution is 7.79. The lowest BCUT2D eigenvalue weighted by Gasteiger charge is -2.01. The molecular formula is C8H10O3S. The van der Waals surface area contributed by atoms with Crippen molar-refractivity contribution >= 4 is 11.1 Å². The van der Waals surface area contributed by atoms with Crippen molar-refractivity contribution in [2.45, 2.75) is 11.8 Å². The van der Waals surface area contributed by atoms with Gasteiger partial charge < -0.3 is 9.29 Å². The molecule has 1 rings (SSSR count). The first-order valence-electron chi connectivity index (χ1n) is 3.57. The van der Waals surface area contributed by atoms with Crippen molar-refractivity contribution in [2.75, 3.05) is 6.61 Å².